The second-order valence-electron chi connectivity index (χ2n) is 11.7. The van der Waals surface area contributed by atoms with E-state index in [9.17, 15) is 14.7 Å². The quantitative estimate of drug-likeness (QED) is 0.269. The highest BCUT2D eigenvalue weighted by Gasteiger charge is 2.51. The van der Waals surface area contributed by atoms with E-state index >= 15 is 0 Å². The van der Waals surface area contributed by atoms with Gasteiger partial charge in [0.15, 0.2) is 0 Å². The molecule has 1 saturated heterocycles. The number of aryl methyl sites for hydroxylation is 1. The van der Waals surface area contributed by atoms with Gasteiger partial charge in [0.1, 0.15) is 5.78 Å². The van der Waals surface area contributed by atoms with E-state index in [1.807, 2.05) is 26.2 Å². The second-order valence-corrected chi connectivity index (χ2v) is 12.7. The van der Waals surface area contributed by atoms with Gasteiger partial charge in [-0.3, -0.25) is 9.59 Å². The largest absolute Gasteiger partial charge is 0.481 e. The van der Waals surface area contributed by atoms with Gasteiger partial charge in [0, 0.05) is 17.3 Å². The number of nitrogens with two attached hydrogens (primary N) is 1. The Balaban J connectivity index is 1.80. The highest BCUT2D eigenvalue weighted by Crippen LogP contribution is 2.44. The van der Waals surface area contributed by atoms with Crippen molar-refractivity contribution in [1.82, 2.24) is 4.98 Å². The number of carbonyl (C=O) groups is 2. The van der Waals surface area contributed by atoms with E-state index in [2.05, 4.69) is 31.8 Å². The zero-order valence-electron chi connectivity index (χ0n) is 23.2. The molecule has 0 bridgehead atoms. The number of aliphatic hydroxyl groups excluding tert-OH is 1. The summed E-state index contributed by atoms with van der Waals surface area (Å²) >= 11 is 1.63. The van der Waals surface area contributed by atoms with Crippen LogP contribution in [0.1, 0.15) is 91.3 Å². The number of aliphatic hydroxyl groups is 1. The predicted molar refractivity (Wildman–Crippen MR) is 145 cm³/mol. The summed E-state index contributed by atoms with van der Waals surface area (Å²) in [6, 6.07) is -0.0653. The van der Waals surface area contributed by atoms with Crippen molar-refractivity contribution in [3.8, 4) is 0 Å². The molecule has 0 amide bonds. The number of thiazole rings is 1. The first-order valence-corrected chi connectivity index (χ1v) is 13.9. The molecule has 1 aliphatic rings. The second kappa shape index (κ2) is 12.3. The molecule has 1 aromatic rings. The van der Waals surface area contributed by atoms with Crippen LogP contribution in [0.15, 0.2) is 11.0 Å². The minimum absolute atomic E-state index is 0.0653. The monoisotopic (exact) mass is 522 g/mol. The van der Waals surface area contributed by atoms with Gasteiger partial charge in [0.2, 0.25) is 0 Å². The van der Waals surface area contributed by atoms with E-state index < -0.39 is 23.9 Å². The van der Waals surface area contributed by atoms with E-state index in [1.165, 1.54) is 0 Å². The molecule has 36 heavy (non-hydrogen) atoms. The molecule has 0 aromatic carbocycles. The number of nitrogens with zero attached hydrogens (tertiary/aromatic N) is 1. The number of carboxylic acid groups (broad SMARTS) is 1. The van der Waals surface area contributed by atoms with Crippen LogP contribution >= 0.6 is 11.3 Å². The smallest absolute Gasteiger partial charge is 0.306 e. The number of Topliss-reactive ketones (excluding diaryl/α,β-unsaturated/α-hetero) is 1. The fraction of sp³-hybridized carbons (Fsp3) is 0.750. The van der Waals surface area contributed by atoms with Gasteiger partial charge in [-0.2, -0.15) is 0 Å². The number of aromatic nitrogens is 1. The Hall–Kier alpha value is -1.61. The molecule has 8 heteroatoms. The fourth-order valence-electron chi connectivity index (χ4n) is 4.95. The average molecular weight is 523 g/mol. The highest BCUT2D eigenvalue weighted by molar-refractivity contribution is 7.09. The number of epoxide rings is 1. The standard InChI is InChI=1S/C28H46N2O5S/c1-16(18(3)19(4)26(34)27(6,7)23(31)14-25(32)33)10-9-11-28(8)24(35-28)13-22(29)17(2)12-21-15-36-20(5)30-21/h12,15-16,18-19,22-24,31H,9-11,13-14,29H2,1-8H3,(H,32,33)/b17-12+/t16-,18-,19+,22-,23-,24?,28+/m0/s1. The number of carboxylic acids is 1. The van der Waals surface area contributed by atoms with Crippen LogP contribution in [-0.4, -0.2) is 50.8 Å². The van der Waals surface area contributed by atoms with Crippen molar-refractivity contribution < 1.29 is 24.5 Å². The Bertz CT molecular complexity index is 942. The Kier molecular flexibility index (Phi) is 10.5. The molecule has 7 atom stereocenters. The molecule has 2 heterocycles. The molecule has 2 rings (SSSR count). The van der Waals surface area contributed by atoms with Crippen molar-refractivity contribution in [2.75, 3.05) is 0 Å². The molecule has 1 unspecified atom stereocenters. The SMILES string of the molecule is C/C(=C\c1csc(C)n1)[C@@H](N)CC1O[C@]1(C)CCC[C@H](C)[C@H](C)[C@@H](C)C(=O)C(C)(C)[C@@H](O)CC(=O)O. The number of carbonyl (C=O) groups excluding carboxylic acids is 1. The van der Waals surface area contributed by atoms with Gasteiger partial charge in [-0.15, -0.1) is 11.3 Å². The number of rotatable bonds is 15. The van der Waals surface area contributed by atoms with Crippen LogP contribution in [-0.2, 0) is 14.3 Å². The molecule has 7 nitrogen and oxygen atoms in total. The topological polar surface area (TPSA) is 126 Å². The van der Waals surface area contributed by atoms with Crippen molar-refractivity contribution in [2.45, 2.75) is 111 Å². The lowest BCUT2D eigenvalue weighted by Crippen LogP contribution is -2.43. The zero-order valence-corrected chi connectivity index (χ0v) is 24.0. The first kappa shape index (κ1) is 30.6. The Morgan fingerprint density at radius 3 is 2.53 bits per heavy atom. The molecule has 204 valence electrons. The molecule has 0 aliphatic carbocycles. The first-order valence-electron chi connectivity index (χ1n) is 13.1. The van der Waals surface area contributed by atoms with Crippen LogP contribution < -0.4 is 5.73 Å². The van der Waals surface area contributed by atoms with E-state index in [1.54, 1.807) is 25.2 Å². The van der Waals surface area contributed by atoms with Crippen LogP contribution in [0.4, 0.5) is 0 Å². The lowest BCUT2D eigenvalue weighted by Gasteiger charge is -2.34. The molecular weight excluding hydrogens is 476 g/mol. The van der Waals surface area contributed by atoms with Gasteiger partial charge in [-0.25, -0.2) is 4.98 Å². The molecule has 1 aromatic heterocycles. The van der Waals surface area contributed by atoms with Crippen molar-refractivity contribution in [3.63, 3.8) is 0 Å². The summed E-state index contributed by atoms with van der Waals surface area (Å²) in [4.78, 5) is 28.6. The van der Waals surface area contributed by atoms with E-state index in [-0.39, 0.29) is 35.4 Å². The summed E-state index contributed by atoms with van der Waals surface area (Å²) in [5, 5.41) is 22.4. The summed E-state index contributed by atoms with van der Waals surface area (Å²) in [5.74, 6) is -1.03. The van der Waals surface area contributed by atoms with Crippen LogP contribution in [0.2, 0.25) is 0 Å². The van der Waals surface area contributed by atoms with E-state index in [0.29, 0.717) is 5.92 Å². The minimum atomic E-state index is -1.20. The minimum Gasteiger partial charge on any atom is -0.481 e. The summed E-state index contributed by atoms with van der Waals surface area (Å²) in [5.41, 5.74) is 7.26. The average Bonchev–Trinajstić information content (AvgIpc) is 3.22. The van der Waals surface area contributed by atoms with E-state index in [4.69, 9.17) is 15.6 Å². The summed E-state index contributed by atoms with van der Waals surface area (Å²) in [6.45, 7) is 15.6. The summed E-state index contributed by atoms with van der Waals surface area (Å²) < 4.78 is 6.06. The number of hydrogen-bond acceptors (Lipinski definition) is 7. The lowest BCUT2D eigenvalue weighted by atomic mass is 9.70. The van der Waals surface area contributed by atoms with Gasteiger partial charge in [0.25, 0.3) is 0 Å². The maximum Gasteiger partial charge on any atom is 0.306 e. The summed E-state index contributed by atoms with van der Waals surface area (Å²) in [7, 11) is 0. The predicted octanol–water partition coefficient (Wildman–Crippen LogP) is 5.24. The van der Waals surface area contributed by atoms with Gasteiger partial charge < -0.3 is 20.7 Å². The van der Waals surface area contributed by atoms with Crippen LogP contribution in [0, 0.1) is 30.1 Å². The Labute approximate surface area is 220 Å². The maximum absolute atomic E-state index is 13.1. The third-order valence-corrected chi connectivity index (χ3v) is 9.16. The molecule has 1 aliphatic heterocycles. The number of ether oxygens (including phenoxy) is 1. The van der Waals surface area contributed by atoms with Gasteiger partial charge in [0.05, 0.1) is 40.3 Å². The molecule has 4 N–H and O–H groups in total. The highest BCUT2D eigenvalue weighted by atomic mass is 32.1. The first-order chi connectivity index (χ1) is 16.6. The number of hydrogen-bond donors (Lipinski definition) is 3. The van der Waals surface area contributed by atoms with Gasteiger partial charge in [-0.05, 0) is 51.5 Å². The zero-order chi connectivity index (χ0) is 27.4. The third-order valence-electron chi connectivity index (χ3n) is 8.37. The molecule has 0 spiro atoms. The van der Waals surface area contributed by atoms with Crippen molar-refractivity contribution in [3.05, 3.63) is 21.7 Å². The number of ketones is 1. The van der Waals surface area contributed by atoms with Crippen molar-refractivity contribution in [1.29, 1.82) is 0 Å². The lowest BCUT2D eigenvalue weighted by molar-refractivity contribution is -0.146. The van der Waals surface area contributed by atoms with Crippen molar-refractivity contribution in [2.24, 2.45) is 28.9 Å². The van der Waals surface area contributed by atoms with Crippen LogP contribution in [0.3, 0.4) is 0 Å². The van der Waals surface area contributed by atoms with Gasteiger partial charge in [-0.1, -0.05) is 53.0 Å². The Morgan fingerprint density at radius 2 is 1.97 bits per heavy atom. The van der Waals surface area contributed by atoms with Gasteiger partial charge >= 0.3 is 5.97 Å². The third kappa shape index (κ3) is 7.94. The summed E-state index contributed by atoms with van der Waals surface area (Å²) in [6.07, 6.45) is 4.27. The molecule has 0 radical (unpaired) electrons. The maximum atomic E-state index is 13.1. The van der Waals surface area contributed by atoms with E-state index in [0.717, 1.165) is 42.0 Å². The van der Waals surface area contributed by atoms with Crippen LogP contribution in [0.25, 0.3) is 6.08 Å². The molecule has 1 fully saturated rings. The number of aliphatic carboxylic acids is 1. The normalized spacial score (nSPS) is 24.6. The van der Waals surface area contributed by atoms with Crippen LogP contribution in [0.5, 0.6) is 0 Å². The molecular formula is C28H46N2O5S. The fourth-order valence-corrected chi connectivity index (χ4v) is 5.52. The Morgan fingerprint density at radius 1 is 1.33 bits per heavy atom. The molecule has 0 saturated carbocycles. The van der Waals surface area contributed by atoms with Crippen molar-refractivity contribution >= 4 is 29.2 Å².